The summed E-state index contributed by atoms with van der Waals surface area (Å²) in [4.78, 5) is 17.1. The van der Waals surface area contributed by atoms with E-state index in [9.17, 15) is 4.79 Å². The van der Waals surface area contributed by atoms with Crippen molar-refractivity contribution in [3.63, 3.8) is 0 Å². The number of nitrogens with zero attached hydrogens (tertiary/aromatic N) is 1. The van der Waals surface area contributed by atoms with Crippen LogP contribution >= 0.6 is 27.3 Å². The number of aromatic nitrogens is 1. The Kier molecular flexibility index (Phi) is 4.89. The fourth-order valence-corrected chi connectivity index (χ4v) is 3.02. The Hall–Kier alpha value is -1.44. The van der Waals surface area contributed by atoms with Crippen LogP contribution in [0.5, 0.6) is 0 Å². The van der Waals surface area contributed by atoms with Crippen molar-refractivity contribution in [2.45, 2.75) is 6.42 Å². The number of pyridine rings is 1. The van der Waals surface area contributed by atoms with Crippen LogP contribution in [0.2, 0.25) is 0 Å². The van der Waals surface area contributed by atoms with Crippen molar-refractivity contribution in [1.29, 1.82) is 0 Å². The first kappa shape index (κ1) is 14.0. The van der Waals surface area contributed by atoms with Gasteiger partial charge in [0.05, 0.1) is 3.79 Å². The highest BCUT2D eigenvalue weighted by Crippen LogP contribution is 2.22. The summed E-state index contributed by atoms with van der Waals surface area (Å²) in [5.74, 6) is 5.59. The van der Waals surface area contributed by atoms with E-state index in [-0.39, 0.29) is 5.91 Å². The van der Waals surface area contributed by atoms with Crippen molar-refractivity contribution in [3.8, 4) is 0 Å². The van der Waals surface area contributed by atoms with Crippen LogP contribution in [0, 0.1) is 0 Å². The predicted octanol–water partition coefficient (Wildman–Crippen LogP) is 2.16. The second kappa shape index (κ2) is 6.65. The lowest BCUT2D eigenvalue weighted by molar-refractivity contribution is 0.0954. The first-order valence-corrected chi connectivity index (χ1v) is 7.25. The lowest BCUT2D eigenvalue weighted by atomic mass is 10.2. The van der Waals surface area contributed by atoms with E-state index in [1.54, 1.807) is 29.7 Å². The highest BCUT2D eigenvalue weighted by molar-refractivity contribution is 9.11. The molecular weight excluding hydrogens is 328 g/mol. The standard InChI is InChI=1S/C12H13BrN4OS/c13-10-2-1-9(19-10)4-6-16-12(18)8-3-5-15-11(7-8)17-14/h1-3,5,7H,4,6,14H2,(H,15,17)(H,16,18). The summed E-state index contributed by atoms with van der Waals surface area (Å²) in [6.07, 6.45) is 2.36. The third kappa shape index (κ3) is 4.02. The van der Waals surface area contributed by atoms with Crippen LogP contribution in [0.3, 0.4) is 0 Å². The molecule has 0 spiro atoms. The number of thiophene rings is 1. The molecule has 0 aliphatic heterocycles. The number of hydrogen-bond acceptors (Lipinski definition) is 5. The van der Waals surface area contributed by atoms with Gasteiger partial charge in [-0.15, -0.1) is 11.3 Å². The normalized spacial score (nSPS) is 10.2. The van der Waals surface area contributed by atoms with Gasteiger partial charge in [-0.1, -0.05) is 0 Å². The van der Waals surface area contributed by atoms with E-state index in [1.165, 1.54) is 4.88 Å². The topological polar surface area (TPSA) is 80.0 Å². The van der Waals surface area contributed by atoms with E-state index in [0.29, 0.717) is 17.9 Å². The highest BCUT2D eigenvalue weighted by Gasteiger charge is 2.06. The third-order valence-electron chi connectivity index (χ3n) is 2.46. The molecule has 0 fully saturated rings. The van der Waals surface area contributed by atoms with E-state index in [4.69, 9.17) is 5.84 Å². The van der Waals surface area contributed by atoms with E-state index < -0.39 is 0 Å². The molecule has 0 aliphatic carbocycles. The Morgan fingerprint density at radius 2 is 2.26 bits per heavy atom. The van der Waals surface area contributed by atoms with Gasteiger partial charge in [0.2, 0.25) is 0 Å². The summed E-state index contributed by atoms with van der Waals surface area (Å²) in [5.41, 5.74) is 2.95. The number of halogens is 1. The molecule has 0 atom stereocenters. The Morgan fingerprint density at radius 3 is 2.95 bits per heavy atom. The fraction of sp³-hybridized carbons (Fsp3) is 0.167. The minimum atomic E-state index is -0.130. The molecule has 0 aliphatic rings. The molecule has 1 amide bonds. The predicted molar refractivity (Wildman–Crippen MR) is 80.1 cm³/mol. The molecule has 5 nitrogen and oxygen atoms in total. The molecule has 0 aromatic carbocycles. The van der Waals surface area contributed by atoms with Gasteiger partial charge >= 0.3 is 0 Å². The summed E-state index contributed by atoms with van der Waals surface area (Å²) in [7, 11) is 0. The van der Waals surface area contributed by atoms with E-state index in [0.717, 1.165) is 10.2 Å². The molecule has 2 heterocycles. The van der Waals surface area contributed by atoms with Gasteiger partial charge in [-0.05, 0) is 46.6 Å². The maximum absolute atomic E-state index is 11.9. The molecule has 0 radical (unpaired) electrons. The monoisotopic (exact) mass is 340 g/mol. The van der Waals surface area contributed by atoms with Crippen molar-refractivity contribution in [3.05, 3.63) is 44.7 Å². The van der Waals surface area contributed by atoms with Gasteiger partial charge in [0, 0.05) is 23.2 Å². The van der Waals surface area contributed by atoms with Crippen LogP contribution in [-0.2, 0) is 6.42 Å². The van der Waals surface area contributed by atoms with E-state index >= 15 is 0 Å². The first-order chi connectivity index (χ1) is 9.19. The van der Waals surface area contributed by atoms with Gasteiger partial charge in [0.25, 0.3) is 5.91 Å². The number of carbonyl (C=O) groups is 1. The number of amides is 1. The summed E-state index contributed by atoms with van der Waals surface area (Å²) in [6.45, 7) is 0.597. The summed E-state index contributed by atoms with van der Waals surface area (Å²) < 4.78 is 1.10. The second-order valence-corrected chi connectivity index (χ2v) is 6.33. The average molecular weight is 341 g/mol. The summed E-state index contributed by atoms with van der Waals surface area (Å²) in [5, 5.41) is 2.86. The molecule has 2 aromatic rings. The van der Waals surface area contributed by atoms with Crippen LogP contribution in [0.4, 0.5) is 5.82 Å². The average Bonchev–Trinajstić information content (AvgIpc) is 2.84. The molecule has 4 N–H and O–H groups in total. The largest absolute Gasteiger partial charge is 0.352 e. The lowest BCUT2D eigenvalue weighted by Crippen LogP contribution is -2.25. The molecule has 0 bridgehead atoms. The molecule has 0 saturated heterocycles. The maximum Gasteiger partial charge on any atom is 0.251 e. The van der Waals surface area contributed by atoms with E-state index in [2.05, 4.69) is 31.7 Å². The second-order valence-electron chi connectivity index (χ2n) is 3.79. The number of rotatable bonds is 5. The van der Waals surface area contributed by atoms with Crippen molar-refractivity contribution >= 4 is 39.0 Å². The van der Waals surface area contributed by atoms with Crippen molar-refractivity contribution in [2.24, 2.45) is 5.84 Å². The number of hydrogen-bond donors (Lipinski definition) is 3. The lowest BCUT2D eigenvalue weighted by Gasteiger charge is -2.05. The number of nitrogens with one attached hydrogen (secondary N) is 2. The molecule has 2 rings (SSSR count). The van der Waals surface area contributed by atoms with Gasteiger partial charge in [-0.2, -0.15) is 0 Å². The maximum atomic E-state index is 11.9. The minimum Gasteiger partial charge on any atom is -0.352 e. The molecule has 100 valence electrons. The summed E-state index contributed by atoms with van der Waals surface area (Å²) >= 11 is 5.08. The van der Waals surface area contributed by atoms with Gasteiger partial charge in [0.15, 0.2) is 0 Å². The SMILES string of the molecule is NNc1cc(C(=O)NCCc2ccc(Br)s2)ccn1. The van der Waals surface area contributed by atoms with Crippen LogP contribution < -0.4 is 16.6 Å². The van der Waals surface area contributed by atoms with E-state index in [1.807, 2.05) is 12.1 Å². The van der Waals surface area contributed by atoms with Crippen molar-refractivity contribution in [2.75, 3.05) is 12.0 Å². The van der Waals surface area contributed by atoms with Crippen LogP contribution in [0.1, 0.15) is 15.2 Å². The highest BCUT2D eigenvalue weighted by atomic mass is 79.9. The van der Waals surface area contributed by atoms with Crippen molar-refractivity contribution < 1.29 is 4.79 Å². The van der Waals surface area contributed by atoms with Gasteiger partial charge in [-0.25, -0.2) is 10.8 Å². The quantitative estimate of drug-likeness (QED) is 0.575. The number of anilines is 1. The Morgan fingerprint density at radius 1 is 1.42 bits per heavy atom. The molecule has 2 aromatic heterocycles. The fourth-order valence-electron chi connectivity index (χ4n) is 1.54. The van der Waals surface area contributed by atoms with Gasteiger partial charge < -0.3 is 10.7 Å². The molecule has 0 saturated carbocycles. The van der Waals surface area contributed by atoms with Crippen LogP contribution in [-0.4, -0.2) is 17.4 Å². The Bertz CT molecular complexity index is 572. The Balaban J connectivity index is 1.87. The number of hydrazine groups is 1. The molecule has 7 heteroatoms. The van der Waals surface area contributed by atoms with Crippen molar-refractivity contribution in [1.82, 2.24) is 10.3 Å². The molecule has 19 heavy (non-hydrogen) atoms. The van der Waals surface area contributed by atoms with Crippen LogP contribution in [0.25, 0.3) is 0 Å². The zero-order valence-corrected chi connectivity index (χ0v) is 12.4. The van der Waals surface area contributed by atoms with Gasteiger partial charge in [-0.3, -0.25) is 4.79 Å². The van der Waals surface area contributed by atoms with Gasteiger partial charge in [0.1, 0.15) is 5.82 Å². The smallest absolute Gasteiger partial charge is 0.251 e. The number of carbonyl (C=O) groups excluding carboxylic acids is 1. The zero-order chi connectivity index (χ0) is 13.7. The third-order valence-corrected chi connectivity index (χ3v) is 4.14. The summed E-state index contributed by atoms with van der Waals surface area (Å²) in [6, 6.07) is 7.31. The minimum absolute atomic E-state index is 0.130. The molecular formula is C12H13BrN4OS. The first-order valence-electron chi connectivity index (χ1n) is 5.64. The number of nitrogen functional groups attached to an aromatic ring is 1. The Labute approximate surface area is 123 Å². The number of nitrogens with two attached hydrogens (primary N) is 1. The zero-order valence-electron chi connectivity index (χ0n) is 10.0. The van der Waals surface area contributed by atoms with Crippen LogP contribution in [0.15, 0.2) is 34.2 Å². The molecule has 0 unspecified atom stereocenters.